The van der Waals surface area contributed by atoms with Crippen molar-refractivity contribution in [3.63, 3.8) is 0 Å². The van der Waals surface area contributed by atoms with Gasteiger partial charge in [0.1, 0.15) is 31.6 Å². The van der Waals surface area contributed by atoms with E-state index in [2.05, 4.69) is 5.32 Å². The fourth-order valence-electron chi connectivity index (χ4n) is 5.29. The fraction of sp³-hybridized carbons (Fsp3) is 0.278. The Balaban J connectivity index is 1.60. The Bertz CT molecular complexity index is 1920. The molecule has 258 valence electrons. The largest absolute Gasteiger partial charge is 0.486 e. The van der Waals surface area contributed by atoms with Crippen LogP contribution < -0.4 is 19.1 Å². The number of halogens is 3. The molecule has 4 aromatic carbocycles. The molecule has 5 rings (SSSR count). The summed E-state index contributed by atoms with van der Waals surface area (Å²) in [5.74, 6) is -1.13. The van der Waals surface area contributed by atoms with Crippen molar-refractivity contribution in [3.8, 4) is 11.5 Å². The highest BCUT2D eigenvalue weighted by Gasteiger charge is 2.36. The first-order valence-corrected chi connectivity index (χ1v) is 17.7. The van der Waals surface area contributed by atoms with Crippen LogP contribution in [0.15, 0.2) is 95.9 Å². The summed E-state index contributed by atoms with van der Waals surface area (Å²) in [7, 11) is -4.47. The zero-order chi connectivity index (χ0) is 35.3. The number of carbonyl (C=O) groups is 2. The predicted molar refractivity (Wildman–Crippen MR) is 187 cm³/mol. The van der Waals surface area contributed by atoms with Crippen LogP contribution in [-0.4, -0.2) is 56.5 Å². The van der Waals surface area contributed by atoms with Crippen LogP contribution in [0.4, 0.5) is 10.1 Å². The minimum absolute atomic E-state index is 0.0351. The first kappa shape index (κ1) is 36.0. The van der Waals surface area contributed by atoms with Gasteiger partial charge in [0.25, 0.3) is 10.0 Å². The highest BCUT2D eigenvalue weighted by atomic mass is 35.5. The Morgan fingerprint density at radius 3 is 2.22 bits per heavy atom. The van der Waals surface area contributed by atoms with E-state index in [-0.39, 0.29) is 40.9 Å². The molecular weight excluding hydrogens is 692 g/mol. The molecule has 1 heterocycles. The Morgan fingerprint density at radius 1 is 0.898 bits per heavy atom. The Hall–Kier alpha value is -4.32. The number of rotatable bonds is 11. The molecule has 0 fully saturated rings. The van der Waals surface area contributed by atoms with Crippen molar-refractivity contribution in [2.24, 2.45) is 0 Å². The van der Waals surface area contributed by atoms with E-state index in [1.165, 1.54) is 41.3 Å². The van der Waals surface area contributed by atoms with Gasteiger partial charge in [-0.2, -0.15) is 0 Å². The first-order chi connectivity index (χ1) is 23.2. The van der Waals surface area contributed by atoms with Crippen molar-refractivity contribution in [3.05, 3.63) is 118 Å². The summed E-state index contributed by atoms with van der Waals surface area (Å²) in [6.07, 6.45) is 0.116. The van der Waals surface area contributed by atoms with E-state index in [1.807, 2.05) is 51.1 Å². The molecule has 0 aliphatic carbocycles. The van der Waals surface area contributed by atoms with Crippen molar-refractivity contribution >= 4 is 50.7 Å². The third-order valence-corrected chi connectivity index (χ3v) is 9.98. The maximum Gasteiger partial charge on any atom is 0.264 e. The third-order valence-electron chi connectivity index (χ3n) is 7.62. The van der Waals surface area contributed by atoms with Gasteiger partial charge in [0.15, 0.2) is 11.5 Å². The number of hydrogen-bond donors (Lipinski definition) is 1. The number of amides is 2. The van der Waals surface area contributed by atoms with Crippen LogP contribution in [0.2, 0.25) is 10.0 Å². The van der Waals surface area contributed by atoms with Crippen LogP contribution in [0.5, 0.6) is 11.5 Å². The quantitative estimate of drug-likeness (QED) is 0.186. The maximum absolute atomic E-state index is 14.6. The molecule has 1 aliphatic rings. The Kier molecular flexibility index (Phi) is 11.1. The van der Waals surface area contributed by atoms with E-state index in [0.717, 1.165) is 22.0 Å². The second-order valence-corrected chi connectivity index (χ2v) is 15.2. The Labute approximate surface area is 295 Å². The molecule has 4 aromatic rings. The van der Waals surface area contributed by atoms with Crippen molar-refractivity contribution < 1.29 is 31.9 Å². The van der Waals surface area contributed by atoms with E-state index in [4.69, 9.17) is 32.7 Å². The number of nitrogens with one attached hydrogen (secondary N) is 1. The normalized spacial score (nSPS) is 13.3. The number of ether oxygens (including phenoxy) is 2. The summed E-state index contributed by atoms with van der Waals surface area (Å²) in [6, 6.07) is 21.8. The van der Waals surface area contributed by atoms with E-state index < -0.39 is 45.8 Å². The zero-order valence-corrected chi connectivity index (χ0v) is 29.5. The number of carbonyl (C=O) groups excluding carboxylic acids is 2. The number of nitrogens with zero attached hydrogens (tertiary/aromatic N) is 2. The van der Waals surface area contributed by atoms with Gasteiger partial charge in [0, 0.05) is 34.6 Å². The lowest BCUT2D eigenvalue weighted by Crippen LogP contribution is -2.56. The van der Waals surface area contributed by atoms with Crippen LogP contribution in [-0.2, 0) is 32.6 Å². The number of anilines is 1. The smallest absolute Gasteiger partial charge is 0.264 e. The van der Waals surface area contributed by atoms with Gasteiger partial charge in [-0.3, -0.25) is 13.9 Å². The summed E-state index contributed by atoms with van der Waals surface area (Å²) in [4.78, 5) is 29.8. The number of hydrogen-bond acceptors (Lipinski definition) is 6. The first-order valence-electron chi connectivity index (χ1n) is 15.5. The topological polar surface area (TPSA) is 105 Å². The lowest BCUT2D eigenvalue weighted by Gasteiger charge is -2.35. The molecule has 0 saturated carbocycles. The molecule has 1 aliphatic heterocycles. The molecule has 2 amide bonds. The molecule has 0 saturated heterocycles. The van der Waals surface area contributed by atoms with Crippen LogP contribution >= 0.6 is 23.2 Å². The van der Waals surface area contributed by atoms with Gasteiger partial charge < -0.3 is 19.7 Å². The number of sulfonamides is 1. The van der Waals surface area contributed by atoms with Crippen molar-refractivity contribution in [1.82, 2.24) is 10.2 Å². The van der Waals surface area contributed by atoms with Crippen molar-refractivity contribution in [2.75, 3.05) is 24.1 Å². The molecule has 49 heavy (non-hydrogen) atoms. The van der Waals surface area contributed by atoms with Crippen LogP contribution in [0.25, 0.3) is 0 Å². The van der Waals surface area contributed by atoms with Gasteiger partial charge in [0.2, 0.25) is 11.8 Å². The summed E-state index contributed by atoms with van der Waals surface area (Å²) in [5, 5.41) is 3.62. The van der Waals surface area contributed by atoms with Gasteiger partial charge in [-0.15, -0.1) is 0 Å². The SMILES string of the molecule is CC(C)(C)NC(=O)C(Cc1ccccc1)N(Cc1ccc(Cl)cc1Cl)C(=O)CN(c1ccc(F)cc1)S(=O)(=O)c1ccc2c(c1)OCCO2. The van der Waals surface area contributed by atoms with Crippen molar-refractivity contribution in [1.29, 1.82) is 0 Å². The van der Waals surface area contributed by atoms with Gasteiger partial charge >= 0.3 is 0 Å². The lowest BCUT2D eigenvalue weighted by molar-refractivity contribution is -0.140. The molecule has 1 N–H and O–H groups in total. The Morgan fingerprint density at radius 2 is 1.57 bits per heavy atom. The minimum Gasteiger partial charge on any atom is -0.486 e. The van der Waals surface area contributed by atoms with Gasteiger partial charge in [-0.1, -0.05) is 59.6 Å². The standard InChI is InChI=1S/C36H36Cl2FN3O6S/c1-36(2,3)40-35(44)31(19-24-7-5-4-6-8-24)41(22-25-9-10-26(37)20-30(25)38)34(43)23-42(28-13-11-27(39)12-14-28)49(45,46)29-15-16-32-33(21-29)48-18-17-47-32/h4-16,20-21,31H,17-19,22-23H2,1-3H3,(H,40,44). The van der Waals surface area contributed by atoms with Crippen molar-refractivity contribution in [2.45, 2.75) is 50.2 Å². The maximum atomic E-state index is 14.6. The average Bonchev–Trinajstić information content (AvgIpc) is 3.06. The zero-order valence-electron chi connectivity index (χ0n) is 27.2. The van der Waals surface area contributed by atoms with Crippen LogP contribution in [0.1, 0.15) is 31.9 Å². The third kappa shape index (κ3) is 9.03. The molecule has 1 unspecified atom stereocenters. The van der Waals surface area contributed by atoms with Gasteiger partial charge in [0.05, 0.1) is 10.6 Å². The molecule has 13 heteroatoms. The molecule has 0 bridgehead atoms. The van der Waals surface area contributed by atoms with Crippen LogP contribution in [0, 0.1) is 5.82 Å². The number of fused-ring (bicyclic) bond motifs is 1. The summed E-state index contributed by atoms with van der Waals surface area (Å²) < 4.78 is 54.8. The molecule has 0 radical (unpaired) electrons. The highest BCUT2D eigenvalue weighted by molar-refractivity contribution is 7.92. The second kappa shape index (κ2) is 15.1. The number of benzene rings is 4. The molecule has 1 atom stereocenters. The molecular formula is C36H36Cl2FN3O6S. The van der Waals surface area contributed by atoms with E-state index >= 15 is 0 Å². The molecule has 0 aromatic heterocycles. The van der Waals surface area contributed by atoms with Gasteiger partial charge in [-0.05, 0) is 80.4 Å². The van der Waals surface area contributed by atoms with E-state index in [1.54, 1.807) is 12.1 Å². The average molecular weight is 729 g/mol. The molecule has 9 nitrogen and oxygen atoms in total. The fourth-order valence-corrected chi connectivity index (χ4v) is 7.19. The minimum atomic E-state index is -4.47. The van der Waals surface area contributed by atoms with E-state index in [9.17, 15) is 22.4 Å². The van der Waals surface area contributed by atoms with E-state index in [0.29, 0.717) is 22.9 Å². The van der Waals surface area contributed by atoms with Gasteiger partial charge in [-0.25, -0.2) is 12.8 Å². The monoisotopic (exact) mass is 727 g/mol. The summed E-state index contributed by atoms with van der Waals surface area (Å²) in [6.45, 7) is 5.13. The predicted octanol–water partition coefficient (Wildman–Crippen LogP) is 6.65. The van der Waals surface area contributed by atoms with Crippen LogP contribution in [0.3, 0.4) is 0 Å². The second-order valence-electron chi connectivity index (χ2n) is 12.5. The summed E-state index contributed by atoms with van der Waals surface area (Å²) in [5.41, 5.74) is 0.646. The summed E-state index contributed by atoms with van der Waals surface area (Å²) >= 11 is 12.7. The molecule has 0 spiro atoms. The lowest BCUT2D eigenvalue weighted by atomic mass is 10.0. The highest BCUT2D eigenvalue weighted by Crippen LogP contribution is 2.34.